The molecule has 0 aliphatic carbocycles. The molecule has 1 aromatic carbocycles. The van der Waals surface area contributed by atoms with Crippen LogP contribution in [0.15, 0.2) is 30.5 Å². The molecular formula is C16H19N3OS. The first-order valence-corrected chi connectivity index (χ1v) is 7.60. The van der Waals surface area contributed by atoms with Crippen LogP contribution in [0.25, 0.3) is 10.9 Å². The van der Waals surface area contributed by atoms with E-state index in [2.05, 4.69) is 17.2 Å². The van der Waals surface area contributed by atoms with Gasteiger partial charge in [-0.15, -0.1) is 0 Å². The molecule has 1 aliphatic rings. The van der Waals surface area contributed by atoms with Crippen molar-refractivity contribution in [2.45, 2.75) is 19.4 Å². The SMILES string of the molecule is CC1OCCC1CNc1c(C(N)=S)cnc2ccccc12. The van der Waals surface area contributed by atoms with Crippen LogP contribution in [-0.4, -0.2) is 29.2 Å². The van der Waals surface area contributed by atoms with Gasteiger partial charge in [-0.3, -0.25) is 4.98 Å². The van der Waals surface area contributed by atoms with Crippen LogP contribution in [0, 0.1) is 5.92 Å². The minimum atomic E-state index is 0.291. The minimum absolute atomic E-state index is 0.291. The normalized spacial score (nSPS) is 21.6. The van der Waals surface area contributed by atoms with Gasteiger partial charge >= 0.3 is 0 Å². The van der Waals surface area contributed by atoms with Crippen LogP contribution in [0.5, 0.6) is 0 Å². The number of nitrogens with two attached hydrogens (primary N) is 1. The lowest BCUT2D eigenvalue weighted by Crippen LogP contribution is -2.22. The van der Waals surface area contributed by atoms with Crippen LogP contribution in [-0.2, 0) is 4.74 Å². The molecule has 2 aromatic rings. The van der Waals surface area contributed by atoms with E-state index in [1.807, 2.05) is 24.3 Å². The zero-order chi connectivity index (χ0) is 14.8. The first-order valence-electron chi connectivity index (χ1n) is 7.20. The molecule has 3 rings (SSSR count). The van der Waals surface area contributed by atoms with E-state index in [0.29, 0.717) is 17.0 Å². The Kier molecular flexibility index (Phi) is 4.03. The van der Waals surface area contributed by atoms with Gasteiger partial charge < -0.3 is 15.8 Å². The highest BCUT2D eigenvalue weighted by molar-refractivity contribution is 7.80. The Labute approximate surface area is 129 Å². The monoisotopic (exact) mass is 301 g/mol. The van der Waals surface area contributed by atoms with Crippen molar-refractivity contribution in [2.24, 2.45) is 11.7 Å². The van der Waals surface area contributed by atoms with E-state index in [0.717, 1.165) is 41.7 Å². The fraction of sp³-hybridized carbons (Fsp3) is 0.375. The Bertz CT molecular complexity index is 674. The highest BCUT2D eigenvalue weighted by atomic mass is 32.1. The number of ether oxygens (including phenoxy) is 1. The maximum Gasteiger partial charge on any atom is 0.107 e. The lowest BCUT2D eigenvalue weighted by atomic mass is 10.0. The summed E-state index contributed by atoms with van der Waals surface area (Å²) in [7, 11) is 0. The Morgan fingerprint density at radius 2 is 2.29 bits per heavy atom. The third-order valence-corrected chi connectivity index (χ3v) is 4.34. The average Bonchev–Trinajstić information content (AvgIpc) is 2.89. The van der Waals surface area contributed by atoms with E-state index in [1.165, 1.54) is 0 Å². The van der Waals surface area contributed by atoms with Gasteiger partial charge in [0, 0.05) is 30.7 Å². The first kappa shape index (κ1) is 14.2. The quantitative estimate of drug-likeness (QED) is 0.850. The topological polar surface area (TPSA) is 60.2 Å². The van der Waals surface area contributed by atoms with Gasteiger partial charge in [-0.1, -0.05) is 30.4 Å². The first-order chi connectivity index (χ1) is 10.2. The zero-order valence-electron chi connectivity index (χ0n) is 12.0. The number of para-hydroxylation sites is 1. The summed E-state index contributed by atoms with van der Waals surface area (Å²) in [5, 5.41) is 4.57. The van der Waals surface area contributed by atoms with E-state index in [1.54, 1.807) is 6.20 Å². The second-order valence-electron chi connectivity index (χ2n) is 5.43. The lowest BCUT2D eigenvalue weighted by molar-refractivity contribution is 0.108. The zero-order valence-corrected chi connectivity index (χ0v) is 12.8. The molecule has 0 radical (unpaired) electrons. The second kappa shape index (κ2) is 5.95. The average molecular weight is 301 g/mol. The molecule has 21 heavy (non-hydrogen) atoms. The largest absolute Gasteiger partial charge is 0.389 e. The summed E-state index contributed by atoms with van der Waals surface area (Å²) in [4.78, 5) is 4.79. The fourth-order valence-corrected chi connectivity index (χ4v) is 2.95. The van der Waals surface area contributed by atoms with Gasteiger partial charge in [0.2, 0.25) is 0 Å². The Morgan fingerprint density at radius 3 is 3.00 bits per heavy atom. The van der Waals surface area contributed by atoms with Crippen LogP contribution >= 0.6 is 12.2 Å². The third kappa shape index (κ3) is 2.84. The van der Waals surface area contributed by atoms with Crippen LogP contribution in [0.4, 0.5) is 5.69 Å². The van der Waals surface area contributed by atoms with Crippen molar-refractivity contribution in [1.29, 1.82) is 0 Å². The Morgan fingerprint density at radius 1 is 1.48 bits per heavy atom. The number of nitrogens with one attached hydrogen (secondary N) is 1. The fourth-order valence-electron chi connectivity index (χ4n) is 2.80. The predicted molar refractivity (Wildman–Crippen MR) is 89.6 cm³/mol. The summed E-state index contributed by atoms with van der Waals surface area (Å²) in [6.45, 7) is 3.82. The third-order valence-electron chi connectivity index (χ3n) is 4.12. The van der Waals surface area contributed by atoms with Crippen molar-refractivity contribution in [3.63, 3.8) is 0 Å². The van der Waals surface area contributed by atoms with Crippen molar-refractivity contribution < 1.29 is 4.74 Å². The van der Waals surface area contributed by atoms with Gasteiger partial charge in [0.25, 0.3) is 0 Å². The second-order valence-corrected chi connectivity index (χ2v) is 5.87. The van der Waals surface area contributed by atoms with Gasteiger partial charge in [-0.05, 0) is 19.4 Å². The van der Waals surface area contributed by atoms with Gasteiger partial charge in [-0.25, -0.2) is 0 Å². The molecule has 2 unspecified atom stereocenters. The number of fused-ring (bicyclic) bond motifs is 1. The molecule has 0 spiro atoms. The predicted octanol–water partition coefficient (Wildman–Crippen LogP) is 2.71. The molecule has 1 fully saturated rings. The smallest absolute Gasteiger partial charge is 0.107 e. The number of benzene rings is 1. The maximum absolute atomic E-state index is 5.84. The van der Waals surface area contributed by atoms with Gasteiger partial charge in [0.15, 0.2) is 0 Å². The van der Waals surface area contributed by atoms with E-state index < -0.39 is 0 Å². The highest BCUT2D eigenvalue weighted by Crippen LogP contribution is 2.28. The molecule has 0 amide bonds. The van der Waals surface area contributed by atoms with Crippen molar-refractivity contribution in [1.82, 2.24) is 4.98 Å². The summed E-state index contributed by atoms with van der Waals surface area (Å²) in [6, 6.07) is 8.01. The van der Waals surface area contributed by atoms with Crippen molar-refractivity contribution in [2.75, 3.05) is 18.5 Å². The molecule has 4 nitrogen and oxygen atoms in total. The van der Waals surface area contributed by atoms with E-state index in [4.69, 9.17) is 22.7 Å². The summed E-state index contributed by atoms with van der Waals surface area (Å²) in [5.74, 6) is 0.510. The molecule has 0 saturated carbocycles. The number of anilines is 1. The molecule has 3 N–H and O–H groups in total. The highest BCUT2D eigenvalue weighted by Gasteiger charge is 2.24. The summed E-state index contributed by atoms with van der Waals surface area (Å²) >= 11 is 5.16. The molecule has 1 aliphatic heterocycles. The van der Waals surface area contributed by atoms with Crippen LogP contribution in [0.2, 0.25) is 0 Å². The summed E-state index contributed by atoms with van der Waals surface area (Å²) in [6.07, 6.45) is 3.13. The van der Waals surface area contributed by atoms with Crippen LogP contribution in [0.3, 0.4) is 0 Å². The number of hydrogen-bond acceptors (Lipinski definition) is 4. The number of nitrogens with zero attached hydrogens (tertiary/aromatic N) is 1. The molecular weight excluding hydrogens is 282 g/mol. The van der Waals surface area contributed by atoms with Gasteiger partial charge in [-0.2, -0.15) is 0 Å². The number of pyridine rings is 1. The summed E-state index contributed by atoms with van der Waals surface area (Å²) in [5.41, 5.74) is 8.56. The van der Waals surface area contributed by atoms with E-state index in [9.17, 15) is 0 Å². The van der Waals surface area contributed by atoms with Gasteiger partial charge in [0.05, 0.1) is 22.9 Å². The Balaban J connectivity index is 1.94. The van der Waals surface area contributed by atoms with E-state index >= 15 is 0 Å². The van der Waals surface area contributed by atoms with Crippen molar-refractivity contribution in [3.8, 4) is 0 Å². The van der Waals surface area contributed by atoms with Crippen LogP contribution < -0.4 is 11.1 Å². The standard InChI is InChI=1S/C16H19N3OS/c1-10-11(6-7-20-10)8-19-15-12-4-2-3-5-14(12)18-9-13(15)16(17)21/h2-5,9-11H,6-8H2,1H3,(H2,17,21)(H,18,19). The number of hydrogen-bond donors (Lipinski definition) is 2. The molecule has 5 heteroatoms. The van der Waals surface area contributed by atoms with E-state index in [-0.39, 0.29) is 0 Å². The number of aromatic nitrogens is 1. The maximum atomic E-state index is 5.84. The van der Waals surface area contributed by atoms with Crippen LogP contribution in [0.1, 0.15) is 18.9 Å². The summed E-state index contributed by atoms with van der Waals surface area (Å²) < 4.78 is 5.62. The molecule has 2 heterocycles. The molecule has 0 bridgehead atoms. The minimum Gasteiger partial charge on any atom is -0.389 e. The molecule has 110 valence electrons. The van der Waals surface area contributed by atoms with Crippen molar-refractivity contribution in [3.05, 3.63) is 36.0 Å². The molecule has 1 aromatic heterocycles. The Hall–Kier alpha value is -1.72. The van der Waals surface area contributed by atoms with Crippen molar-refractivity contribution >= 4 is 33.8 Å². The molecule has 1 saturated heterocycles. The number of rotatable bonds is 4. The van der Waals surface area contributed by atoms with Gasteiger partial charge in [0.1, 0.15) is 4.99 Å². The lowest BCUT2D eigenvalue weighted by Gasteiger charge is -2.18. The molecule has 2 atom stereocenters. The number of thiocarbonyl (C=S) groups is 1.